The van der Waals surface area contributed by atoms with Gasteiger partial charge in [-0.3, -0.25) is 0 Å². The van der Waals surface area contributed by atoms with Crippen molar-refractivity contribution >= 4 is 11.6 Å². The van der Waals surface area contributed by atoms with Crippen molar-refractivity contribution in [2.24, 2.45) is 0 Å². The molecule has 0 unspecified atom stereocenters. The maximum absolute atomic E-state index is 6.22. The lowest BCUT2D eigenvalue weighted by molar-refractivity contribution is -0.114. The van der Waals surface area contributed by atoms with Gasteiger partial charge >= 0.3 is 0 Å². The Bertz CT molecular complexity index is 418. The highest BCUT2D eigenvalue weighted by molar-refractivity contribution is 6.30. The standard InChI is InChI=1S/C17H26ClNO/c1-16(2,3)19-12-11-17(9-4-10-17)20-13-14-5-7-15(18)8-6-14/h5-8,19H,4,9-13H2,1-3H3. The van der Waals surface area contributed by atoms with Gasteiger partial charge in [0.15, 0.2) is 0 Å². The van der Waals surface area contributed by atoms with Gasteiger partial charge in [0.1, 0.15) is 0 Å². The second-order valence-electron chi connectivity index (χ2n) is 6.88. The number of ether oxygens (including phenoxy) is 1. The van der Waals surface area contributed by atoms with Gasteiger partial charge in [-0.15, -0.1) is 0 Å². The zero-order chi connectivity index (χ0) is 14.6. The van der Waals surface area contributed by atoms with E-state index >= 15 is 0 Å². The predicted octanol–water partition coefficient (Wildman–Crippen LogP) is 4.56. The quantitative estimate of drug-likeness (QED) is 0.831. The summed E-state index contributed by atoms with van der Waals surface area (Å²) in [6, 6.07) is 7.94. The molecule has 1 aliphatic carbocycles. The van der Waals surface area contributed by atoms with Crippen molar-refractivity contribution in [2.75, 3.05) is 6.54 Å². The van der Waals surface area contributed by atoms with E-state index in [1.807, 2.05) is 24.3 Å². The molecule has 2 nitrogen and oxygen atoms in total. The van der Waals surface area contributed by atoms with Gasteiger partial charge in [-0.25, -0.2) is 0 Å². The Morgan fingerprint density at radius 3 is 2.35 bits per heavy atom. The molecule has 1 aliphatic rings. The Balaban J connectivity index is 1.80. The molecule has 1 saturated carbocycles. The Morgan fingerprint density at radius 2 is 1.85 bits per heavy atom. The lowest BCUT2D eigenvalue weighted by atomic mass is 9.77. The molecule has 0 amide bonds. The fourth-order valence-corrected chi connectivity index (χ4v) is 2.65. The third-order valence-electron chi connectivity index (χ3n) is 3.96. The highest BCUT2D eigenvalue weighted by atomic mass is 35.5. The van der Waals surface area contributed by atoms with Crippen molar-refractivity contribution in [3.8, 4) is 0 Å². The van der Waals surface area contributed by atoms with Crippen LogP contribution in [0.5, 0.6) is 0 Å². The zero-order valence-corrected chi connectivity index (χ0v) is 13.6. The average molecular weight is 296 g/mol. The summed E-state index contributed by atoms with van der Waals surface area (Å²) in [5.41, 5.74) is 1.48. The SMILES string of the molecule is CC(C)(C)NCCC1(OCc2ccc(Cl)cc2)CCC1. The van der Waals surface area contributed by atoms with E-state index in [2.05, 4.69) is 26.1 Å². The lowest BCUT2D eigenvalue weighted by Gasteiger charge is -2.42. The molecule has 0 heterocycles. The van der Waals surface area contributed by atoms with E-state index in [0.717, 1.165) is 18.0 Å². The Morgan fingerprint density at radius 1 is 1.20 bits per heavy atom. The van der Waals surface area contributed by atoms with Crippen molar-refractivity contribution in [3.05, 3.63) is 34.9 Å². The summed E-state index contributed by atoms with van der Waals surface area (Å²) in [5, 5.41) is 4.33. The summed E-state index contributed by atoms with van der Waals surface area (Å²) >= 11 is 5.90. The largest absolute Gasteiger partial charge is 0.370 e. The first-order valence-electron chi connectivity index (χ1n) is 7.52. The number of rotatable bonds is 6. The first kappa shape index (κ1) is 15.8. The Kier molecular flexibility index (Phi) is 5.11. The van der Waals surface area contributed by atoms with Gasteiger partial charge in [0.2, 0.25) is 0 Å². The molecule has 0 bridgehead atoms. The van der Waals surface area contributed by atoms with Crippen LogP contribution in [0.1, 0.15) is 52.0 Å². The van der Waals surface area contributed by atoms with E-state index in [-0.39, 0.29) is 11.1 Å². The molecule has 0 spiro atoms. The maximum Gasteiger partial charge on any atom is 0.0724 e. The molecule has 20 heavy (non-hydrogen) atoms. The fraction of sp³-hybridized carbons (Fsp3) is 0.647. The van der Waals surface area contributed by atoms with Crippen LogP contribution in [-0.2, 0) is 11.3 Å². The summed E-state index contributed by atoms with van der Waals surface area (Å²) in [5.74, 6) is 0. The maximum atomic E-state index is 6.22. The summed E-state index contributed by atoms with van der Waals surface area (Å²) in [6.07, 6.45) is 4.76. The van der Waals surface area contributed by atoms with E-state index < -0.39 is 0 Å². The first-order chi connectivity index (χ1) is 9.39. The fourth-order valence-electron chi connectivity index (χ4n) is 2.52. The Labute approximate surface area is 127 Å². The van der Waals surface area contributed by atoms with Gasteiger partial charge in [-0.2, -0.15) is 0 Å². The third-order valence-corrected chi connectivity index (χ3v) is 4.21. The molecule has 0 saturated heterocycles. The van der Waals surface area contributed by atoms with Crippen LogP contribution in [0.15, 0.2) is 24.3 Å². The van der Waals surface area contributed by atoms with E-state index in [1.165, 1.54) is 24.8 Å². The van der Waals surface area contributed by atoms with Crippen molar-refractivity contribution in [3.63, 3.8) is 0 Å². The predicted molar refractivity (Wildman–Crippen MR) is 85.2 cm³/mol. The van der Waals surface area contributed by atoms with Crippen molar-refractivity contribution in [2.45, 2.75) is 64.2 Å². The van der Waals surface area contributed by atoms with Crippen LogP contribution in [-0.4, -0.2) is 17.7 Å². The van der Waals surface area contributed by atoms with Crippen LogP contribution in [0.25, 0.3) is 0 Å². The molecule has 1 aromatic carbocycles. The van der Waals surface area contributed by atoms with Crippen LogP contribution >= 0.6 is 11.6 Å². The molecule has 0 radical (unpaired) electrons. The lowest BCUT2D eigenvalue weighted by Crippen LogP contribution is -2.45. The van der Waals surface area contributed by atoms with Crippen molar-refractivity contribution in [1.82, 2.24) is 5.32 Å². The molecule has 3 heteroatoms. The smallest absolute Gasteiger partial charge is 0.0724 e. The minimum atomic E-state index is 0.0951. The van der Waals surface area contributed by atoms with Gasteiger partial charge in [0.05, 0.1) is 12.2 Å². The Hall–Kier alpha value is -0.570. The number of hydrogen-bond donors (Lipinski definition) is 1. The van der Waals surface area contributed by atoms with E-state index in [0.29, 0.717) is 6.61 Å². The number of nitrogens with one attached hydrogen (secondary N) is 1. The van der Waals surface area contributed by atoms with E-state index in [4.69, 9.17) is 16.3 Å². The summed E-state index contributed by atoms with van der Waals surface area (Å²) in [4.78, 5) is 0. The minimum absolute atomic E-state index is 0.0951. The van der Waals surface area contributed by atoms with E-state index in [1.54, 1.807) is 0 Å². The van der Waals surface area contributed by atoms with Gasteiger partial charge in [-0.05, 0) is 70.7 Å². The van der Waals surface area contributed by atoms with Gasteiger partial charge in [0.25, 0.3) is 0 Å². The van der Waals surface area contributed by atoms with E-state index in [9.17, 15) is 0 Å². The highest BCUT2D eigenvalue weighted by Crippen LogP contribution is 2.39. The topological polar surface area (TPSA) is 21.3 Å². The number of hydrogen-bond acceptors (Lipinski definition) is 2. The summed E-state index contributed by atoms with van der Waals surface area (Å²) in [7, 11) is 0. The van der Waals surface area contributed by atoms with Crippen LogP contribution in [0.3, 0.4) is 0 Å². The van der Waals surface area contributed by atoms with Crippen molar-refractivity contribution < 1.29 is 4.74 Å². The molecule has 0 aromatic heterocycles. The minimum Gasteiger partial charge on any atom is -0.370 e. The number of halogens is 1. The molecule has 1 fully saturated rings. The van der Waals surface area contributed by atoms with Crippen LogP contribution in [0.2, 0.25) is 5.02 Å². The normalized spacial score (nSPS) is 17.8. The second kappa shape index (κ2) is 6.46. The molecule has 0 atom stereocenters. The van der Waals surface area contributed by atoms with Crippen LogP contribution in [0, 0.1) is 0 Å². The van der Waals surface area contributed by atoms with Crippen LogP contribution < -0.4 is 5.32 Å². The number of benzene rings is 1. The van der Waals surface area contributed by atoms with Crippen LogP contribution in [0.4, 0.5) is 0 Å². The van der Waals surface area contributed by atoms with Gasteiger partial charge < -0.3 is 10.1 Å². The highest BCUT2D eigenvalue weighted by Gasteiger charge is 2.37. The zero-order valence-electron chi connectivity index (χ0n) is 12.8. The molecule has 1 N–H and O–H groups in total. The third kappa shape index (κ3) is 4.76. The summed E-state index contributed by atoms with van der Waals surface area (Å²) < 4.78 is 6.22. The van der Waals surface area contributed by atoms with Gasteiger partial charge in [0, 0.05) is 10.6 Å². The molecule has 112 valence electrons. The first-order valence-corrected chi connectivity index (χ1v) is 7.90. The average Bonchev–Trinajstić information content (AvgIpc) is 2.32. The molecular formula is C17H26ClNO. The molecule has 1 aromatic rings. The molecule has 2 rings (SSSR count). The summed E-state index contributed by atoms with van der Waals surface area (Å²) in [6.45, 7) is 8.32. The molecular weight excluding hydrogens is 270 g/mol. The molecule has 0 aliphatic heterocycles. The van der Waals surface area contributed by atoms with Crippen molar-refractivity contribution in [1.29, 1.82) is 0 Å². The monoisotopic (exact) mass is 295 g/mol. The second-order valence-corrected chi connectivity index (χ2v) is 7.31. The van der Waals surface area contributed by atoms with Gasteiger partial charge in [-0.1, -0.05) is 23.7 Å².